The number of aromatic amines is 1. The number of ketones is 1. The molecule has 0 aliphatic heterocycles. The van der Waals surface area contributed by atoms with Gasteiger partial charge in [-0.25, -0.2) is 0 Å². The number of rotatable bonds is 7. The predicted octanol–water partition coefficient (Wildman–Crippen LogP) is 5.34. The van der Waals surface area contributed by atoms with Gasteiger partial charge in [0.25, 0.3) is 5.91 Å². The molecule has 5 rings (SSSR count). The Kier molecular flexibility index (Phi) is 6.49. The number of fused-ring (bicyclic) bond motifs is 1. The van der Waals surface area contributed by atoms with Crippen molar-refractivity contribution < 1.29 is 19.8 Å². The summed E-state index contributed by atoms with van der Waals surface area (Å²) < 4.78 is 1.63. The summed E-state index contributed by atoms with van der Waals surface area (Å²) in [5.41, 5.74) is 4.08. The van der Waals surface area contributed by atoms with Crippen LogP contribution < -0.4 is 5.32 Å². The number of phenolic OH excluding ortho intramolecular Hbond substituents is 1. The largest absolute Gasteiger partial charge is 0.508 e. The van der Waals surface area contributed by atoms with Crippen LogP contribution in [0.15, 0.2) is 77.8 Å². The van der Waals surface area contributed by atoms with Gasteiger partial charge in [0.1, 0.15) is 11.4 Å². The van der Waals surface area contributed by atoms with Gasteiger partial charge in [-0.05, 0) is 50.2 Å². The van der Waals surface area contributed by atoms with Crippen LogP contribution in [0, 0.1) is 6.92 Å². The highest BCUT2D eigenvalue weighted by atomic mass is 16.3. The molecule has 9 heteroatoms. The van der Waals surface area contributed by atoms with Gasteiger partial charge >= 0.3 is 0 Å². The number of carbonyl (C=O) groups excluding carboxylic acids is 2. The molecule has 190 valence electrons. The molecule has 0 unspecified atom stereocenters. The highest BCUT2D eigenvalue weighted by molar-refractivity contribution is 6.13. The van der Waals surface area contributed by atoms with E-state index in [0.29, 0.717) is 51.2 Å². The van der Waals surface area contributed by atoms with Gasteiger partial charge in [0, 0.05) is 46.5 Å². The first-order chi connectivity index (χ1) is 18.3. The Hall–Kier alpha value is -5.18. The molecule has 0 saturated heterocycles. The first-order valence-corrected chi connectivity index (χ1v) is 12.0. The average molecular weight is 508 g/mol. The van der Waals surface area contributed by atoms with Gasteiger partial charge in [-0.15, -0.1) is 0 Å². The minimum Gasteiger partial charge on any atom is -0.508 e. The molecule has 0 spiro atoms. The Bertz CT molecular complexity index is 1710. The van der Waals surface area contributed by atoms with Crippen LogP contribution in [0.4, 0.5) is 11.4 Å². The third-order valence-corrected chi connectivity index (χ3v) is 6.07. The maximum atomic E-state index is 13.3. The zero-order chi connectivity index (χ0) is 26.8. The smallest absolute Gasteiger partial charge is 0.273 e. The van der Waals surface area contributed by atoms with Crippen LogP contribution in [-0.4, -0.2) is 42.9 Å². The van der Waals surface area contributed by atoms with Crippen LogP contribution in [0.1, 0.15) is 44.6 Å². The summed E-state index contributed by atoms with van der Waals surface area (Å²) in [5, 5.41) is 27.9. The van der Waals surface area contributed by atoms with E-state index in [-0.39, 0.29) is 23.3 Å². The lowest BCUT2D eigenvalue weighted by Gasteiger charge is -2.08. The van der Waals surface area contributed by atoms with Crippen LogP contribution in [-0.2, 0) is 6.54 Å². The Labute approximate surface area is 218 Å². The van der Waals surface area contributed by atoms with Crippen LogP contribution in [0.25, 0.3) is 10.9 Å². The third-order valence-electron chi connectivity index (χ3n) is 6.07. The maximum Gasteiger partial charge on any atom is 0.273 e. The van der Waals surface area contributed by atoms with E-state index in [4.69, 9.17) is 0 Å². The van der Waals surface area contributed by atoms with E-state index < -0.39 is 0 Å². The number of aromatic hydroxyl groups is 2. The fourth-order valence-corrected chi connectivity index (χ4v) is 4.26. The van der Waals surface area contributed by atoms with Crippen LogP contribution in [0.5, 0.6) is 11.6 Å². The van der Waals surface area contributed by atoms with Crippen molar-refractivity contribution in [3.63, 3.8) is 0 Å². The molecule has 0 aliphatic carbocycles. The molecular weight excluding hydrogens is 482 g/mol. The lowest BCUT2D eigenvalue weighted by atomic mass is 10.0. The number of phenols is 1. The summed E-state index contributed by atoms with van der Waals surface area (Å²) in [6.45, 7) is 4.30. The highest BCUT2D eigenvalue weighted by Gasteiger charge is 2.16. The first kappa shape index (κ1) is 24.5. The van der Waals surface area contributed by atoms with Gasteiger partial charge in [-0.1, -0.05) is 30.3 Å². The lowest BCUT2D eigenvalue weighted by Crippen LogP contribution is -2.17. The Morgan fingerprint density at radius 1 is 1.03 bits per heavy atom. The van der Waals surface area contributed by atoms with E-state index in [2.05, 4.69) is 20.4 Å². The van der Waals surface area contributed by atoms with Crippen LogP contribution >= 0.6 is 0 Å². The molecule has 0 atom stereocenters. The van der Waals surface area contributed by atoms with Crippen molar-refractivity contribution in [2.75, 3.05) is 5.32 Å². The van der Waals surface area contributed by atoms with E-state index in [1.165, 1.54) is 12.3 Å². The van der Waals surface area contributed by atoms with Gasteiger partial charge in [-0.3, -0.25) is 19.3 Å². The molecule has 4 N–H and O–H groups in total. The number of aryl methyl sites for hydroxylation is 2. The minimum atomic E-state index is -0.305. The number of nitrogens with one attached hydrogen (secondary N) is 2. The van der Waals surface area contributed by atoms with Crippen molar-refractivity contribution in [3.8, 4) is 11.6 Å². The van der Waals surface area contributed by atoms with Gasteiger partial charge in [0.2, 0.25) is 0 Å². The molecule has 2 aromatic heterocycles. The van der Waals surface area contributed by atoms with Crippen molar-refractivity contribution in [2.45, 2.75) is 20.4 Å². The summed E-state index contributed by atoms with van der Waals surface area (Å²) in [6.07, 6.45) is 1.50. The molecular formula is C29H25N5O4. The summed E-state index contributed by atoms with van der Waals surface area (Å²) in [6, 6.07) is 20.0. The molecule has 2 heterocycles. The van der Waals surface area contributed by atoms with E-state index in [1.807, 2.05) is 13.8 Å². The number of aromatic nitrogens is 3. The molecule has 0 aliphatic rings. The van der Waals surface area contributed by atoms with Crippen molar-refractivity contribution in [2.24, 2.45) is 4.99 Å². The van der Waals surface area contributed by atoms with Gasteiger partial charge in [0.15, 0.2) is 11.7 Å². The predicted molar refractivity (Wildman–Crippen MR) is 146 cm³/mol. The lowest BCUT2D eigenvalue weighted by molar-refractivity contribution is 0.101. The Morgan fingerprint density at radius 2 is 1.82 bits per heavy atom. The number of amides is 1. The molecule has 0 fully saturated rings. The first-order valence-electron chi connectivity index (χ1n) is 12.0. The summed E-state index contributed by atoms with van der Waals surface area (Å²) in [4.78, 5) is 33.3. The third kappa shape index (κ3) is 4.90. The number of anilines is 1. The standard InChI is InChI=1S/C29H25N5O4/c1-3-34-26(12-17(2)33-34)29(38)31-21-8-4-6-18(13-21)27(36)19-10-11-23-24(28(37)32-25(23)14-19)16-30-20-7-5-9-22(35)15-20/h4-16,32,35,37H,3H2,1-2H3,(H,31,38). The monoisotopic (exact) mass is 507 g/mol. The SMILES string of the molecule is CCn1nc(C)cc1C(=O)Nc1cccc(C(=O)c2ccc3c(C=Nc4cccc(O)c4)c(O)[nH]c3c2)c1. The number of benzene rings is 3. The zero-order valence-corrected chi connectivity index (χ0v) is 20.8. The Morgan fingerprint density at radius 3 is 2.61 bits per heavy atom. The molecule has 9 nitrogen and oxygen atoms in total. The summed E-state index contributed by atoms with van der Waals surface area (Å²) in [5.74, 6) is -0.529. The number of aliphatic imine (C=N–C) groups is 1. The van der Waals surface area contributed by atoms with Gasteiger partial charge < -0.3 is 20.5 Å². The molecule has 38 heavy (non-hydrogen) atoms. The van der Waals surface area contributed by atoms with Crippen molar-refractivity contribution >= 4 is 40.2 Å². The van der Waals surface area contributed by atoms with Crippen molar-refractivity contribution in [3.05, 3.63) is 101 Å². The fourth-order valence-electron chi connectivity index (χ4n) is 4.26. The molecule has 5 aromatic rings. The number of H-pyrrole nitrogens is 1. The van der Waals surface area contributed by atoms with Crippen LogP contribution in [0.2, 0.25) is 0 Å². The summed E-state index contributed by atoms with van der Waals surface area (Å²) in [7, 11) is 0. The summed E-state index contributed by atoms with van der Waals surface area (Å²) >= 11 is 0. The normalized spacial score (nSPS) is 11.3. The van der Waals surface area contributed by atoms with E-state index in [0.717, 1.165) is 5.69 Å². The molecule has 0 saturated carbocycles. The average Bonchev–Trinajstić information content (AvgIpc) is 3.45. The fraction of sp³-hybridized carbons (Fsp3) is 0.103. The number of nitrogens with zero attached hydrogens (tertiary/aromatic N) is 3. The van der Waals surface area contributed by atoms with Gasteiger partial charge in [0.05, 0.1) is 16.9 Å². The van der Waals surface area contributed by atoms with E-state index in [1.54, 1.807) is 71.4 Å². The second-order valence-electron chi connectivity index (χ2n) is 8.78. The quantitative estimate of drug-likeness (QED) is 0.174. The number of hydrogen-bond donors (Lipinski definition) is 4. The molecule has 0 bridgehead atoms. The topological polar surface area (TPSA) is 133 Å². The van der Waals surface area contributed by atoms with Crippen molar-refractivity contribution in [1.82, 2.24) is 14.8 Å². The van der Waals surface area contributed by atoms with E-state index >= 15 is 0 Å². The highest BCUT2D eigenvalue weighted by Crippen LogP contribution is 2.28. The second-order valence-corrected chi connectivity index (χ2v) is 8.78. The number of hydrogen-bond acceptors (Lipinski definition) is 6. The zero-order valence-electron chi connectivity index (χ0n) is 20.8. The van der Waals surface area contributed by atoms with E-state index in [9.17, 15) is 19.8 Å². The van der Waals surface area contributed by atoms with Gasteiger partial charge in [-0.2, -0.15) is 5.10 Å². The molecule has 1 amide bonds. The Balaban J connectivity index is 1.38. The number of carbonyl (C=O) groups is 2. The second kappa shape index (κ2) is 10.1. The van der Waals surface area contributed by atoms with Crippen molar-refractivity contribution in [1.29, 1.82) is 0 Å². The minimum absolute atomic E-state index is 0.0835. The van der Waals surface area contributed by atoms with Crippen LogP contribution in [0.3, 0.4) is 0 Å². The maximum absolute atomic E-state index is 13.3. The molecule has 3 aromatic carbocycles. The molecule has 0 radical (unpaired) electrons.